The maximum atomic E-state index is 12.3. The number of carbonyl (C=O) groups excluding carboxylic acids is 1. The molecule has 2 aromatic carbocycles. The Kier molecular flexibility index (Phi) is 5.10. The molecular weight excluding hydrogens is 292 g/mol. The van der Waals surface area contributed by atoms with Crippen LogP contribution >= 0.6 is 23.4 Å². The molecule has 0 spiro atoms. The molecule has 0 atom stereocenters. The van der Waals surface area contributed by atoms with E-state index in [2.05, 4.69) is 0 Å². The van der Waals surface area contributed by atoms with Gasteiger partial charge in [-0.25, -0.2) is 0 Å². The quantitative estimate of drug-likeness (QED) is 0.595. The van der Waals surface area contributed by atoms with Gasteiger partial charge in [0, 0.05) is 9.92 Å². The number of methoxy groups -OCH3 is 1. The van der Waals surface area contributed by atoms with Crippen LogP contribution in [0, 0.1) is 6.92 Å². The number of thioether (sulfide) groups is 1. The molecule has 0 fully saturated rings. The first-order chi connectivity index (χ1) is 9.61. The Balaban J connectivity index is 2.13. The summed E-state index contributed by atoms with van der Waals surface area (Å²) in [6, 6.07) is 13.1. The van der Waals surface area contributed by atoms with Crippen LogP contribution in [0.25, 0.3) is 0 Å². The Morgan fingerprint density at radius 3 is 2.70 bits per heavy atom. The number of hydrogen-bond donors (Lipinski definition) is 0. The van der Waals surface area contributed by atoms with E-state index < -0.39 is 0 Å². The highest BCUT2D eigenvalue weighted by molar-refractivity contribution is 8.00. The third-order valence-electron chi connectivity index (χ3n) is 2.91. The molecule has 104 valence electrons. The standard InChI is InChI=1S/C16H15ClO2S/c1-11-5-3-4-6-16(11)20-10-14(18)13-9-12(17)7-8-15(13)19-2/h3-9H,10H2,1-2H3. The number of carbonyl (C=O) groups is 1. The molecule has 2 nitrogen and oxygen atoms in total. The summed E-state index contributed by atoms with van der Waals surface area (Å²) in [5, 5.41) is 0.537. The number of hydrogen-bond acceptors (Lipinski definition) is 3. The summed E-state index contributed by atoms with van der Waals surface area (Å²) in [7, 11) is 1.55. The van der Waals surface area contributed by atoms with Gasteiger partial charge in [0.05, 0.1) is 18.4 Å². The Morgan fingerprint density at radius 2 is 2.00 bits per heavy atom. The highest BCUT2D eigenvalue weighted by Crippen LogP contribution is 2.27. The van der Waals surface area contributed by atoms with Crippen molar-refractivity contribution >= 4 is 29.1 Å². The molecule has 0 bridgehead atoms. The fourth-order valence-corrected chi connectivity index (χ4v) is 2.92. The molecular formula is C16H15ClO2S. The summed E-state index contributed by atoms with van der Waals surface area (Å²) in [6.07, 6.45) is 0. The van der Waals surface area contributed by atoms with Gasteiger partial charge in [-0.2, -0.15) is 0 Å². The SMILES string of the molecule is COc1ccc(Cl)cc1C(=O)CSc1ccccc1C. The van der Waals surface area contributed by atoms with Crippen LogP contribution in [0.1, 0.15) is 15.9 Å². The van der Waals surface area contributed by atoms with Crippen LogP contribution in [0.15, 0.2) is 47.4 Å². The van der Waals surface area contributed by atoms with Crippen molar-refractivity contribution in [3.05, 3.63) is 58.6 Å². The molecule has 0 aliphatic carbocycles. The number of rotatable bonds is 5. The lowest BCUT2D eigenvalue weighted by Gasteiger charge is -2.09. The van der Waals surface area contributed by atoms with E-state index in [-0.39, 0.29) is 5.78 Å². The first-order valence-corrected chi connectivity index (χ1v) is 7.53. The summed E-state index contributed by atoms with van der Waals surface area (Å²) < 4.78 is 5.21. The predicted molar refractivity (Wildman–Crippen MR) is 84.2 cm³/mol. The monoisotopic (exact) mass is 306 g/mol. The summed E-state index contributed by atoms with van der Waals surface area (Å²) in [4.78, 5) is 13.4. The summed E-state index contributed by atoms with van der Waals surface area (Å²) >= 11 is 7.47. The molecule has 0 radical (unpaired) electrons. The van der Waals surface area contributed by atoms with E-state index in [1.807, 2.05) is 31.2 Å². The van der Waals surface area contributed by atoms with E-state index in [9.17, 15) is 4.79 Å². The van der Waals surface area contributed by atoms with Crippen molar-refractivity contribution in [2.75, 3.05) is 12.9 Å². The lowest BCUT2D eigenvalue weighted by Crippen LogP contribution is -2.05. The third kappa shape index (κ3) is 3.56. The van der Waals surface area contributed by atoms with Gasteiger partial charge in [-0.15, -0.1) is 11.8 Å². The average Bonchev–Trinajstić information content (AvgIpc) is 2.46. The van der Waals surface area contributed by atoms with E-state index >= 15 is 0 Å². The Labute approximate surface area is 128 Å². The highest BCUT2D eigenvalue weighted by Gasteiger charge is 2.13. The third-order valence-corrected chi connectivity index (χ3v) is 4.32. The van der Waals surface area contributed by atoms with Gasteiger partial charge in [-0.3, -0.25) is 4.79 Å². The minimum atomic E-state index is 0.0117. The second kappa shape index (κ2) is 6.82. The number of ether oxygens (including phenoxy) is 1. The first-order valence-electron chi connectivity index (χ1n) is 6.17. The molecule has 2 aromatic rings. The van der Waals surface area contributed by atoms with Gasteiger partial charge in [0.25, 0.3) is 0 Å². The molecule has 20 heavy (non-hydrogen) atoms. The molecule has 0 amide bonds. The van der Waals surface area contributed by atoms with Crippen molar-refractivity contribution in [3.8, 4) is 5.75 Å². The molecule has 2 rings (SSSR count). The highest BCUT2D eigenvalue weighted by atomic mass is 35.5. The van der Waals surface area contributed by atoms with Crippen LogP contribution in [-0.2, 0) is 0 Å². The summed E-state index contributed by atoms with van der Waals surface area (Å²) in [6.45, 7) is 2.03. The van der Waals surface area contributed by atoms with Crippen LogP contribution in [0.5, 0.6) is 5.75 Å². The van der Waals surface area contributed by atoms with Crippen LogP contribution in [0.3, 0.4) is 0 Å². The van der Waals surface area contributed by atoms with Gasteiger partial charge in [0.1, 0.15) is 5.75 Å². The van der Waals surface area contributed by atoms with Crippen molar-refractivity contribution in [2.45, 2.75) is 11.8 Å². The topological polar surface area (TPSA) is 26.3 Å². The number of ketones is 1. The second-order valence-electron chi connectivity index (χ2n) is 4.32. The van der Waals surface area contributed by atoms with Crippen molar-refractivity contribution in [1.29, 1.82) is 0 Å². The molecule has 0 unspecified atom stereocenters. The molecule has 0 aliphatic heterocycles. The minimum absolute atomic E-state index is 0.0117. The molecule has 0 aromatic heterocycles. The summed E-state index contributed by atoms with van der Waals surface area (Å²) in [5.41, 5.74) is 1.70. The van der Waals surface area contributed by atoms with Gasteiger partial charge in [-0.1, -0.05) is 29.8 Å². The molecule has 0 aliphatic rings. The van der Waals surface area contributed by atoms with Gasteiger partial charge in [0.2, 0.25) is 0 Å². The Morgan fingerprint density at radius 1 is 1.25 bits per heavy atom. The number of halogens is 1. The second-order valence-corrected chi connectivity index (χ2v) is 5.78. The molecule has 0 heterocycles. The molecule has 4 heteroatoms. The average molecular weight is 307 g/mol. The van der Waals surface area contributed by atoms with Crippen LogP contribution in [0.2, 0.25) is 5.02 Å². The van der Waals surface area contributed by atoms with Crippen molar-refractivity contribution in [3.63, 3.8) is 0 Å². The number of benzene rings is 2. The molecule has 0 saturated carbocycles. The van der Waals surface area contributed by atoms with Gasteiger partial charge in [0.15, 0.2) is 5.78 Å². The van der Waals surface area contributed by atoms with Crippen molar-refractivity contribution < 1.29 is 9.53 Å². The zero-order valence-corrected chi connectivity index (χ0v) is 12.9. The van der Waals surface area contributed by atoms with Gasteiger partial charge >= 0.3 is 0 Å². The van der Waals surface area contributed by atoms with E-state index in [0.717, 1.165) is 4.90 Å². The van der Waals surface area contributed by atoms with Gasteiger partial charge in [-0.05, 0) is 36.8 Å². The van der Waals surface area contributed by atoms with Crippen LogP contribution in [-0.4, -0.2) is 18.6 Å². The van der Waals surface area contributed by atoms with Gasteiger partial charge < -0.3 is 4.74 Å². The normalized spacial score (nSPS) is 10.3. The predicted octanol–water partition coefficient (Wildman–Crippen LogP) is 4.63. The zero-order chi connectivity index (χ0) is 14.5. The van der Waals surface area contributed by atoms with Crippen molar-refractivity contribution in [1.82, 2.24) is 0 Å². The lowest BCUT2D eigenvalue weighted by atomic mass is 10.1. The number of aryl methyl sites for hydroxylation is 1. The lowest BCUT2D eigenvalue weighted by molar-refractivity contribution is 0.101. The van der Waals surface area contributed by atoms with E-state index in [0.29, 0.717) is 22.1 Å². The fourth-order valence-electron chi connectivity index (χ4n) is 1.84. The Bertz CT molecular complexity index is 626. The van der Waals surface area contributed by atoms with Crippen LogP contribution in [0.4, 0.5) is 0 Å². The number of Topliss-reactive ketones (excluding diaryl/α,β-unsaturated/α-hetero) is 1. The van der Waals surface area contributed by atoms with E-state index in [1.165, 1.54) is 17.3 Å². The first kappa shape index (κ1) is 14.9. The Hall–Kier alpha value is -1.45. The molecule has 0 N–H and O–H groups in total. The maximum absolute atomic E-state index is 12.3. The largest absolute Gasteiger partial charge is 0.496 e. The van der Waals surface area contributed by atoms with Crippen LogP contribution < -0.4 is 4.74 Å². The van der Waals surface area contributed by atoms with E-state index in [1.54, 1.807) is 25.3 Å². The molecule has 0 saturated heterocycles. The minimum Gasteiger partial charge on any atom is -0.496 e. The smallest absolute Gasteiger partial charge is 0.176 e. The zero-order valence-electron chi connectivity index (χ0n) is 11.4. The van der Waals surface area contributed by atoms with Crippen molar-refractivity contribution in [2.24, 2.45) is 0 Å². The fraction of sp³-hybridized carbons (Fsp3) is 0.188. The maximum Gasteiger partial charge on any atom is 0.176 e. The van der Waals surface area contributed by atoms with E-state index in [4.69, 9.17) is 16.3 Å². The summed E-state index contributed by atoms with van der Waals surface area (Å²) in [5.74, 6) is 0.934.